The van der Waals surface area contributed by atoms with Crippen molar-refractivity contribution in [3.05, 3.63) is 0 Å². The van der Waals surface area contributed by atoms with Crippen molar-refractivity contribution < 1.29 is 23.1 Å². The first-order valence-electron chi connectivity index (χ1n) is 5.48. The Balaban J connectivity index is 4.26. The van der Waals surface area contributed by atoms with E-state index < -0.39 is 30.7 Å². The third kappa shape index (κ3) is 8.82. The van der Waals surface area contributed by atoms with Crippen molar-refractivity contribution in [2.24, 2.45) is 5.41 Å². The monoisotopic (exact) mass is 266 g/mol. The summed E-state index contributed by atoms with van der Waals surface area (Å²) in [6, 6.07) is 2.05. The first-order chi connectivity index (χ1) is 8.06. The van der Waals surface area contributed by atoms with E-state index in [4.69, 9.17) is 10.4 Å². The number of halogens is 3. The molecule has 0 aromatic heterocycles. The van der Waals surface area contributed by atoms with Gasteiger partial charge in [-0.3, -0.25) is 9.69 Å². The van der Waals surface area contributed by atoms with Gasteiger partial charge >= 0.3 is 12.1 Å². The van der Waals surface area contributed by atoms with Gasteiger partial charge in [-0.1, -0.05) is 0 Å². The Morgan fingerprint density at radius 3 is 2.33 bits per heavy atom. The molecule has 0 aromatic rings. The fraction of sp³-hybridized carbons (Fsp3) is 0.818. The van der Waals surface area contributed by atoms with Crippen molar-refractivity contribution in [1.82, 2.24) is 4.90 Å². The van der Waals surface area contributed by atoms with E-state index >= 15 is 0 Å². The molecule has 0 aliphatic carbocycles. The van der Waals surface area contributed by atoms with Gasteiger partial charge in [-0.15, -0.1) is 0 Å². The van der Waals surface area contributed by atoms with Crippen LogP contribution in [0, 0.1) is 16.7 Å². The maximum absolute atomic E-state index is 12.2. The highest BCUT2D eigenvalue weighted by Crippen LogP contribution is 2.22. The van der Waals surface area contributed by atoms with Gasteiger partial charge in [0.15, 0.2) is 0 Å². The first kappa shape index (κ1) is 16.7. The molecule has 0 unspecified atom stereocenters. The molecule has 0 atom stereocenters. The summed E-state index contributed by atoms with van der Waals surface area (Å²) < 4.78 is 36.6. The molecule has 4 nitrogen and oxygen atoms in total. The lowest BCUT2D eigenvalue weighted by molar-refractivity contribution is -0.154. The predicted molar refractivity (Wildman–Crippen MR) is 58.8 cm³/mol. The molecule has 0 aliphatic rings. The maximum atomic E-state index is 12.2. The third-order valence-electron chi connectivity index (χ3n) is 2.34. The van der Waals surface area contributed by atoms with Crippen molar-refractivity contribution >= 4 is 5.97 Å². The molecule has 0 saturated carbocycles. The van der Waals surface area contributed by atoms with E-state index in [-0.39, 0.29) is 6.54 Å². The van der Waals surface area contributed by atoms with Crippen LogP contribution in [0.5, 0.6) is 0 Å². The summed E-state index contributed by atoms with van der Waals surface area (Å²) in [6.45, 7) is 1.51. The number of hydrogen-bond acceptors (Lipinski definition) is 3. The average molecular weight is 266 g/mol. The van der Waals surface area contributed by atoms with Gasteiger partial charge in [-0.05, 0) is 33.2 Å². The van der Waals surface area contributed by atoms with Crippen LogP contribution in [0.1, 0.15) is 26.7 Å². The minimum absolute atomic E-state index is 0.0108. The molecule has 0 spiro atoms. The van der Waals surface area contributed by atoms with Gasteiger partial charge in [0, 0.05) is 0 Å². The number of alkyl halides is 3. The Morgan fingerprint density at radius 2 is 1.94 bits per heavy atom. The Bertz CT molecular complexity index is 321. The number of carboxylic acids is 1. The van der Waals surface area contributed by atoms with E-state index in [9.17, 15) is 18.0 Å². The maximum Gasteiger partial charge on any atom is 0.401 e. The summed E-state index contributed by atoms with van der Waals surface area (Å²) in [5, 5.41) is 17.3. The highest BCUT2D eigenvalue weighted by atomic mass is 19.4. The number of hydrogen-bond donors (Lipinski definition) is 1. The number of carbonyl (C=O) groups is 1. The molecule has 7 heteroatoms. The van der Waals surface area contributed by atoms with Gasteiger partial charge in [0.25, 0.3) is 0 Å². The molecule has 0 aliphatic heterocycles. The second-order valence-electron chi connectivity index (χ2n) is 4.82. The summed E-state index contributed by atoms with van der Waals surface area (Å²) >= 11 is 0. The lowest BCUT2D eigenvalue weighted by Gasteiger charge is -2.23. The molecule has 0 heterocycles. The highest BCUT2D eigenvalue weighted by molar-refractivity contribution is 5.69. The van der Waals surface area contributed by atoms with Crippen LogP contribution in [0.4, 0.5) is 13.2 Å². The SMILES string of the molecule is CC(C)(C#N)CCCN(CC(=O)O)CC(F)(F)F. The molecule has 0 saturated heterocycles. The van der Waals surface area contributed by atoms with Crippen molar-refractivity contribution in [3.63, 3.8) is 0 Å². The van der Waals surface area contributed by atoms with E-state index in [0.717, 1.165) is 4.90 Å². The minimum atomic E-state index is -4.42. The van der Waals surface area contributed by atoms with Crippen LogP contribution < -0.4 is 0 Å². The van der Waals surface area contributed by atoms with Crippen LogP contribution in [0.2, 0.25) is 0 Å². The summed E-state index contributed by atoms with van der Waals surface area (Å²) in [5.41, 5.74) is -0.604. The normalized spacial score (nSPS) is 12.5. The molecular weight excluding hydrogens is 249 g/mol. The Morgan fingerprint density at radius 1 is 1.39 bits per heavy atom. The summed E-state index contributed by atoms with van der Waals surface area (Å²) in [4.78, 5) is 11.3. The molecule has 0 aromatic carbocycles. The quantitative estimate of drug-likeness (QED) is 0.767. The molecule has 0 radical (unpaired) electrons. The number of aliphatic carboxylic acids is 1. The lowest BCUT2D eigenvalue weighted by atomic mass is 9.90. The van der Waals surface area contributed by atoms with Gasteiger partial charge < -0.3 is 5.11 Å². The van der Waals surface area contributed by atoms with E-state index in [1.165, 1.54) is 0 Å². The smallest absolute Gasteiger partial charge is 0.401 e. The Hall–Kier alpha value is -1.29. The van der Waals surface area contributed by atoms with Crippen LogP contribution in [-0.2, 0) is 4.79 Å². The zero-order valence-electron chi connectivity index (χ0n) is 10.4. The topological polar surface area (TPSA) is 64.3 Å². The molecule has 0 fully saturated rings. The number of nitriles is 1. The molecule has 0 rings (SSSR count). The van der Waals surface area contributed by atoms with Crippen LogP contribution in [0.25, 0.3) is 0 Å². The lowest BCUT2D eigenvalue weighted by Crippen LogP contribution is -2.38. The first-order valence-corrected chi connectivity index (χ1v) is 5.48. The number of carboxylic acid groups (broad SMARTS) is 1. The van der Waals surface area contributed by atoms with Crippen LogP contribution in [0.15, 0.2) is 0 Å². The molecular formula is C11H17F3N2O2. The van der Waals surface area contributed by atoms with Crippen LogP contribution in [0.3, 0.4) is 0 Å². The van der Waals surface area contributed by atoms with Crippen molar-refractivity contribution in [1.29, 1.82) is 5.26 Å². The van der Waals surface area contributed by atoms with Crippen molar-refractivity contribution in [2.75, 3.05) is 19.6 Å². The minimum Gasteiger partial charge on any atom is -0.480 e. The predicted octanol–water partition coefficient (Wildman–Crippen LogP) is 2.27. The fourth-order valence-electron chi connectivity index (χ4n) is 1.46. The average Bonchev–Trinajstić information content (AvgIpc) is 2.13. The van der Waals surface area contributed by atoms with Crippen LogP contribution >= 0.6 is 0 Å². The Labute approximate surface area is 104 Å². The molecule has 18 heavy (non-hydrogen) atoms. The van der Waals surface area contributed by atoms with E-state index in [0.29, 0.717) is 12.8 Å². The van der Waals surface area contributed by atoms with Crippen molar-refractivity contribution in [3.8, 4) is 6.07 Å². The summed E-state index contributed by atoms with van der Waals surface area (Å²) in [7, 11) is 0. The number of nitrogens with zero attached hydrogens (tertiary/aromatic N) is 2. The van der Waals surface area contributed by atoms with Gasteiger partial charge in [0.05, 0.1) is 24.6 Å². The van der Waals surface area contributed by atoms with Gasteiger partial charge in [0.1, 0.15) is 0 Å². The van der Waals surface area contributed by atoms with Crippen molar-refractivity contribution in [2.45, 2.75) is 32.9 Å². The molecule has 104 valence electrons. The van der Waals surface area contributed by atoms with E-state index in [1.807, 2.05) is 6.07 Å². The second kappa shape index (κ2) is 6.59. The zero-order chi connectivity index (χ0) is 14.4. The zero-order valence-corrected chi connectivity index (χ0v) is 10.4. The van der Waals surface area contributed by atoms with Gasteiger partial charge in [0.2, 0.25) is 0 Å². The fourth-order valence-corrected chi connectivity index (χ4v) is 1.46. The summed E-state index contributed by atoms with van der Waals surface area (Å²) in [5.74, 6) is -1.29. The summed E-state index contributed by atoms with van der Waals surface area (Å²) in [6.07, 6.45) is -3.64. The van der Waals surface area contributed by atoms with E-state index in [2.05, 4.69) is 0 Å². The Kier molecular flexibility index (Phi) is 6.12. The van der Waals surface area contributed by atoms with Crippen LogP contribution in [-0.4, -0.2) is 41.8 Å². The second-order valence-corrected chi connectivity index (χ2v) is 4.82. The largest absolute Gasteiger partial charge is 0.480 e. The standard InChI is InChI=1S/C11H17F3N2O2/c1-10(2,7-15)4-3-5-16(6-9(17)18)8-11(12,13)14/h3-6,8H2,1-2H3,(H,17,18). The molecule has 0 amide bonds. The molecule has 0 bridgehead atoms. The van der Waals surface area contributed by atoms with Gasteiger partial charge in [-0.25, -0.2) is 0 Å². The van der Waals surface area contributed by atoms with E-state index in [1.54, 1.807) is 13.8 Å². The molecule has 1 N–H and O–H groups in total. The van der Waals surface area contributed by atoms with Gasteiger partial charge in [-0.2, -0.15) is 18.4 Å². The highest BCUT2D eigenvalue weighted by Gasteiger charge is 2.31. The third-order valence-corrected chi connectivity index (χ3v) is 2.34. The number of rotatable bonds is 7.